The van der Waals surface area contributed by atoms with Gasteiger partial charge >= 0.3 is 0 Å². The highest BCUT2D eigenvalue weighted by atomic mass is 16.5. The fraction of sp³-hybridized carbons (Fsp3) is 0.368. The summed E-state index contributed by atoms with van der Waals surface area (Å²) >= 11 is 0. The molecule has 1 aliphatic rings. The molecule has 124 valence electrons. The fourth-order valence-electron chi connectivity index (χ4n) is 3.32. The minimum absolute atomic E-state index is 0.701. The third kappa shape index (κ3) is 3.12. The molecule has 1 aromatic carbocycles. The largest absolute Gasteiger partial charge is 0.381 e. The molecule has 2 aromatic heterocycles. The van der Waals surface area contributed by atoms with Gasteiger partial charge in [0.05, 0.1) is 17.7 Å². The van der Waals surface area contributed by atoms with Gasteiger partial charge in [0, 0.05) is 36.9 Å². The van der Waals surface area contributed by atoms with Crippen molar-refractivity contribution in [1.82, 2.24) is 19.7 Å². The molecule has 0 amide bonds. The molecule has 0 bridgehead atoms. The summed E-state index contributed by atoms with van der Waals surface area (Å²) in [6, 6.07) is 8.62. The molecule has 4 rings (SSSR count). The highest BCUT2D eigenvalue weighted by Crippen LogP contribution is 2.25. The second-order valence-electron chi connectivity index (χ2n) is 6.51. The molecule has 0 radical (unpaired) electrons. The van der Waals surface area contributed by atoms with Crippen molar-refractivity contribution in [3.8, 4) is 16.9 Å². The molecule has 0 saturated carbocycles. The molecular weight excluding hydrogens is 300 g/mol. The number of hydrogen-bond acceptors (Lipinski definition) is 3. The first kappa shape index (κ1) is 15.1. The minimum Gasteiger partial charge on any atom is -0.381 e. The first-order valence-electron chi connectivity index (χ1n) is 8.51. The Labute approximate surface area is 141 Å². The number of nitrogens with zero attached hydrogens (tertiary/aromatic N) is 3. The molecule has 5 nitrogen and oxygen atoms in total. The van der Waals surface area contributed by atoms with Gasteiger partial charge in [-0.1, -0.05) is 12.1 Å². The van der Waals surface area contributed by atoms with E-state index in [-0.39, 0.29) is 0 Å². The van der Waals surface area contributed by atoms with Gasteiger partial charge in [0.1, 0.15) is 0 Å². The normalized spacial score (nSPS) is 15.7. The first-order valence-corrected chi connectivity index (χ1v) is 8.51. The Morgan fingerprint density at radius 2 is 2.12 bits per heavy atom. The molecule has 1 aliphatic heterocycles. The van der Waals surface area contributed by atoms with E-state index in [4.69, 9.17) is 4.74 Å². The van der Waals surface area contributed by atoms with Gasteiger partial charge in [-0.3, -0.25) is 5.10 Å². The van der Waals surface area contributed by atoms with Crippen LogP contribution in [0.4, 0.5) is 0 Å². The van der Waals surface area contributed by atoms with E-state index < -0.39 is 0 Å². The lowest BCUT2D eigenvalue weighted by Gasteiger charge is -2.20. The van der Waals surface area contributed by atoms with E-state index in [1.54, 1.807) is 6.20 Å². The number of nitrogens with one attached hydrogen (secondary N) is 1. The van der Waals surface area contributed by atoms with Crippen LogP contribution < -0.4 is 0 Å². The Hall–Kier alpha value is -2.40. The Balaban J connectivity index is 1.57. The molecule has 3 heterocycles. The number of aromatic amines is 1. The second kappa shape index (κ2) is 6.61. The predicted molar refractivity (Wildman–Crippen MR) is 93.1 cm³/mol. The van der Waals surface area contributed by atoms with E-state index >= 15 is 0 Å². The summed E-state index contributed by atoms with van der Waals surface area (Å²) in [6.07, 6.45) is 8.93. The van der Waals surface area contributed by atoms with E-state index in [0.29, 0.717) is 5.92 Å². The second-order valence-corrected chi connectivity index (χ2v) is 6.51. The van der Waals surface area contributed by atoms with Gasteiger partial charge in [0.25, 0.3) is 0 Å². The van der Waals surface area contributed by atoms with Gasteiger partial charge in [-0.05, 0) is 49.8 Å². The van der Waals surface area contributed by atoms with Crippen LogP contribution in [0.15, 0.2) is 43.0 Å². The highest BCUT2D eigenvalue weighted by Gasteiger charge is 2.16. The average molecular weight is 322 g/mol. The summed E-state index contributed by atoms with van der Waals surface area (Å²) < 4.78 is 7.47. The highest BCUT2D eigenvalue weighted by molar-refractivity contribution is 5.64. The van der Waals surface area contributed by atoms with Crippen molar-refractivity contribution in [3.63, 3.8) is 0 Å². The van der Waals surface area contributed by atoms with Gasteiger partial charge in [0.2, 0.25) is 0 Å². The number of H-pyrrole nitrogens is 1. The summed E-state index contributed by atoms with van der Waals surface area (Å²) in [5.41, 5.74) is 5.69. The van der Waals surface area contributed by atoms with Crippen LogP contribution in [0.1, 0.15) is 24.1 Å². The lowest BCUT2D eigenvalue weighted by Crippen LogP contribution is -2.17. The fourth-order valence-corrected chi connectivity index (χ4v) is 3.32. The maximum atomic E-state index is 5.44. The number of ether oxygens (including phenoxy) is 1. The monoisotopic (exact) mass is 322 g/mol. The molecule has 3 aromatic rings. The summed E-state index contributed by atoms with van der Waals surface area (Å²) in [7, 11) is 0. The molecule has 5 heteroatoms. The van der Waals surface area contributed by atoms with Crippen molar-refractivity contribution in [2.75, 3.05) is 13.2 Å². The van der Waals surface area contributed by atoms with E-state index in [1.807, 2.05) is 17.1 Å². The maximum Gasteiger partial charge on any atom is 0.0991 e. The summed E-state index contributed by atoms with van der Waals surface area (Å²) in [4.78, 5) is 4.14. The lowest BCUT2D eigenvalue weighted by molar-refractivity contribution is 0.0663. The molecule has 24 heavy (non-hydrogen) atoms. The van der Waals surface area contributed by atoms with Crippen molar-refractivity contribution < 1.29 is 4.74 Å². The van der Waals surface area contributed by atoms with Crippen LogP contribution in [0.3, 0.4) is 0 Å². The summed E-state index contributed by atoms with van der Waals surface area (Å²) in [5.74, 6) is 0.701. The van der Waals surface area contributed by atoms with Gasteiger partial charge in [-0.2, -0.15) is 5.10 Å². The molecule has 0 spiro atoms. The summed E-state index contributed by atoms with van der Waals surface area (Å²) in [5, 5.41) is 7.73. The predicted octanol–water partition coefficient (Wildman–Crippen LogP) is 3.54. The number of benzene rings is 1. The van der Waals surface area contributed by atoms with Gasteiger partial charge < -0.3 is 9.30 Å². The zero-order valence-electron chi connectivity index (χ0n) is 13.9. The van der Waals surface area contributed by atoms with Gasteiger partial charge in [-0.15, -0.1) is 0 Å². The number of hydrogen-bond donors (Lipinski definition) is 1. The van der Waals surface area contributed by atoms with Gasteiger partial charge in [0.15, 0.2) is 0 Å². The number of imidazole rings is 1. The van der Waals surface area contributed by atoms with Crippen molar-refractivity contribution in [1.29, 1.82) is 0 Å². The standard InChI is InChI=1S/C19H22N4O/c1-14-2-3-16(11-19(14)23-7-6-20-13-23)18-12-17(21-22-18)10-15-4-8-24-9-5-15/h2-3,6-7,11-13,15H,4-5,8-10H2,1H3,(H,21,22). The molecule has 1 N–H and O–H groups in total. The van der Waals surface area contributed by atoms with E-state index in [0.717, 1.165) is 49.4 Å². The van der Waals surface area contributed by atoms with Crippen molar-refractivity contribution in [2.24, 2.45) is 5.92 Å². The average Bonchev–Trinajstić information content (AvgIpc) is 3.28. The minimum atomic E-state index is 0.701. The van der Waals surface area contributed by atoms with Crippen molar-refractivity contribution in [2.45, 2.75) is 26.2 Å². The third-order valence-corrected chi connectivity index (χ3v) is 4.77. The SMILES string of the molecule is Cc1ccc(-c2cc(CC3CCOCC3)[nH]n2)cc1-n1ccnc1. The van der Waals surface area contributed by atoms with E-state index in [9.17, 15) is 0 Å². The Morgan fingerprint density at radius 3 is 2.92 bits per heavy atom. The number of aryl methyl sites for hydroxylation is 1. The van der Waals surface area contributed by atoms with Crippen LogP contribution in [0.25, 0.3) is 16.9 Å². The van der Waals surface area contributed by atoms with E-state index in [1.165, 1.54) is 11.3 Å². The van der Waals surface area contributed by atoms with Crippen LogP contribution in [0.2, 0.25) is 0 Å². The van der Waals surface area contributed by atoms with Gasteiger partial charge in [-0.25, -0.2) is 4.98 Å². The maximum absolute atomic E-state index is 5.44. The summed E-state index contributed by atoms with van der Waals surface area (Å²) in [6.45, 7) is 3.88. The molecule has 1 saturated heterocycles. The van der Waals surface area contributed by atoms with Crippen LogP contribution in [-0.4, -0.2) is 33.0 Å². The Kier molecular flexibility index (Phi) is 4.17. The number of aromatic nitrogens is 4. The Morgan fingerprint density at radius 1 is 1.25 bits per heavy atom. The molecule has 0 unspecified atom stereocenters. The molecular formula is C19H22N4O. The van der Waals surface area contributed by atoms with Crippen LogP contribution in [0, 0.1) is 12.8 Å². The van der Waals surface area contributed by atoms with Crippen LogP contribution >= 0.6 is 0 Å². The van der Waals surface area contributed by atoms with Crippen molar-refractivity contribution in [3.05, 3.63) is 54.2 Å². The number of rotatable bonds is 4. The molecule has 0 aliphatic carbocycles. The Bertz CT molecular complexity index is 801. The first-order chi connectivity index (χ1) is 11.8. The molecule has 0 atom stereocenters. The lowest BCUT2D eigenvalue weighted by atomic mass is 9.95. The zero-order chi connectivity index (χ0) is 16.4. The van der Waals surface area contributed by atoms with Crippen molar-refractivity contribution >= 4 is 0 Å². The van der Waals surface area contributed by atoms with E-state index in [2.05, 4.69) is 46.4 Å². The quantitative estimate of drug-likeness (QED) is 0.799. The smallest absolute Gasteiger partial charge is 0.0991 e. The van der Waals surface area contributed by atoms with Crippen LogP contribution in [0.5, 0.6) is 0 Å². The third-order valence-electron chi connectivity index (χ3n) is 4.77. The zero-order valence-corrected chi connectivity index (χ0v) is 13.9. The molecule has 1 fully saturated rings. The van der Waals surface area contributed by atoms with Crippen LogP contribution in [-0.2, 0) is 11.2 Å². The topological polar surface area (TPSA) is 55.7 Å².